The van der Waals surface area contributed by atoms with Gasteiger partial charge in [0.1, 0.15) is 5.75 Å². The number of ether oxygens (including phenoxy) is 1. The number of hydrogen-bond acceptors (Lipinski definition) is 5. The smallest absolute Gasteiger partial charge is 0.228 e. The number of benzene rings is 1. The van der Waals surface area contributed by atoms with Gasteiger partial charge in [-0.1, -0.05) is 45.2 Å². The van der Waals surface area contributed by atoms with Gasteiger partial charge in [0.2, 0.25) is 17.6 Å². The van der Waals surface area contributed by atoms with Gasteiger partial charge in [0.05, 0.1) is 7.11 Å². The summed E-state index contributed by atoms with van der Waals surface area (Å²) in [4.78, 5) is 19.6. The first-order valence-corrected chi connectivity index (χ1v) is 10.6. The Bertz CT molecular complexity index is 786. The molecule has 0 spiro atoms. The SMILES string of the molecule is COc1ccc(-c2noc(CCN(C(=O)CC(C)(C)C)C3CCCCC3)n2)cc1. The van der Waals surface area contributed by atoms with Crippen LogP contribution in [0.3, 0.4) is 0 Å². The lowest BCUT2D eigenvalue weighted by molar-refractivity contribution is -0.136. The lowest BCUT2D eigenvalue weighted by Crippen LogP contribution is -2.43. The molecule has 0 saturated heterocycles. The molecular weight excluding hydrogens is 366 g/mol. The zero-order chi connectivity index (χ0) is 20.9. The molecule has 0 bridgehead atoms. The molecule has 1 aliphatic rings. The van der Waals surface area contributed by atoms with Crippen molar-refractivity contribution >= 4 is 5.91 Å². The van der Waals surface area contributed by atoms with Crippen molar-refractivity contribution in [3.63, 3.8) is 0 Å². The molecule has 158 valence electrons. The van der Waals surface area contributed by atoms with Gasteiger partial charge < -0.3 is 14.2 Å². The number of carbonyl (C=O) groups excluding carboxylic acids is 1. The maximum absolute atomic E-state index is 13.0. The monoisotopic (exact) mass is 399 g/mol. The van der Waals surface area contributed by atoms with Gasteiger partial charge >= 0.3 is 0 Å². The van der Waals surface area contributed by atoms with E-state index < -0.39 is 0 Å². The predicted molar refractivity (Wildman–Crippen MR) is 113 cm³/mol. The molecule has 1 aromatic heterocycles. The number of rotatable bonds is 7. The summed E-state index contributed by atoms with van der Waals surface area (Å²) in [5.41, 5.74) is 0.865. The number of carbonyl (C=O) groups is 1. The molecule has 1 amide bonds. The molecule has 3 rings (SSSR count). The summed E-state index contributed by atoms with van der Waals surface area (Å²) in [7, 11) is 1.64. The Hall–Kier alpha value is -2.37. The molecule has 1 aromatic carbocycles. The number of methoxy groups -OCH3 is 1. The Labute approximate surface area is 173 Å². The largest absolute Gasteiger partial charge is 0.497 e. The summed E-state index contributed by atoms with van der Waals surface area (Å²) in [5.74, 6) is 2.16. The molecule has 0 atom stereocenters. The Morgan fingerprint density at radius 3 is 2.48 bits per heavy atom. The van der Waals surface area contributed by atoms with E-state index in [1.165, 1.54) is 19.3 Å². The standard InChI is InChI=1S/C23H33N3O3/c1-23(2,3)16-21(27)26(18-8-6-5-7-9-18)15-14-20-24-22(25-29-20)17-10-12-19(28-4)13-11-17/h10-13,18H,5-9,14-16H2,1-4H3. The Morgan fingerprint density at radius 1 is 1.17 bits per heavy atom. The highest BCUT2D eigenvalue weighted by molar-refractivity contribution is 5.77. The van der Waals surface area contributed by atoms with Crippen LogP contribution in [0.2, 0.25) is 0 Å². The van der Waals surface area contributed by atoms with E-state index >= 15 is 0 Å². The van der Waals surface area contributed by atoms with Gasteiger partial charge in [-0.15, -0.1) is 0 Å². The molecule has 0 radical (unpaired) electrons. The average Bonchev–Trinajstić information content (AvgIpc) is 3.17. The van der Waals surface area contributed by atoms with Crippen molar-refractivity contribution < 1.29 is 14.1 Å². The molecule has 0 N–H and O–H groups in total. The van der Waals surface area contributed by atoms with Gasteiger partial charge in [-0.05, 0) is 42.5 Å². The molecule has 1 aliphatic carbocycles. The van der Waals surface area contributed by atoms with E-state index in [0.29, 0.717) is 37.1 Å². The molecule has 29 heavy (non-hydrogen) atoms. The average molecular weight is 400 g/mol. The van der Waals surface area contributed by atoms with Gasteiger partial charge in [-0.3, -0.25) is 4.79 Å². The summed E-state index contributed by atoms with van der Waals surface area (Å²) in [6, 6.07) is 7.91. The second-order valence-corrected chi connectivity index (χ2v) is 9.11. The Morgan fingerprint density at radius 2 is 1.86 bits per heavy atom. The maximum atomic E-state index is 13.0. The van der Waals surface area contributed by atoms with Gasteiger partial charge in [-0.2, -0.15) is 4.98 Å². The van der Waals surface area contributed by atoms with E-state index in [-0.39, 0.29) is 11.3 Å². The van der Waals surface area contributed by atoms with Crippen molar-refractivity contribution in [2.45, 2.75) is 71.8 Å². The minimum absolute atomic E-state index is 0.0178. The summed E-state index contributed by atoms with van der Waals surface area (Å²) < 4.78 is 10.7. The third kappa shape index (κ3) is 6.05. The van der Waals surface area contributed by atoms with Crippen LogP contribution in [-0.2, 0) is 11.2 Å². The number of nitrogens with zero attached hydrogens (tertiary/aromatic N) is 3. The molecule has 1 fully saturated rings. The molecular formula is C23H33N3O3. The number of hydrogen-bond donors (Lipinski definition) is 0. The molecule has 1 heterocycles. The highest BCUT2D eigenvalue weighted by Gasteiger charge is 2.28. The first kappa shape index (κ1) is 21.3. The highest BCUT2D eigenvalue weighted by atomic mass is 16.5. The molecule has 6 heteroatoms. The topological polar surface area (TPSA) is 68.5 Å². The summed E-state index contributed by atoms with van der Waals surface area (Å²) in [6.07, 6.45) is 7.00. The third-order valence-electron chi connectivity index (χ3n) is 5.40. The van der Waals surface area contributed by atoms with E-state index in [9.17, 15) is 4.79 Å². The lowest BCUT2D eigenvalue weighted by Gasteiger charge is -2.35. The van der Waals surface area contributed by atoms with Crippen LogP contribution < -0.4 is 4.74 Å². The zero-order valence-electron chi connectivity index (χ0n) is 18.1. The fraction of sp³-hybridized carbons (Fsp3) is 0.609. The number of amides is 1. The van der Waals surface area contributed by atoms with Crippen LogP contribution in [0.1, 0.15) is 65.2 Å². The Balaban J connectivity index is 1.66. The predicted octanol–water partition coefficient (Wildman–Crippen LogP) is 4.89. The normalized spacial score (nSPS) is 15.3. The van der Waals surface area contributed by atoms with Crippen LogP contribution in [-0.4, -0.2) is 40.6 Å². The van der Waals surface area contributed by atoms with Gasteiger partial charge in [-0.25, -0.2) is 0 Å². The zero-order valence-corrected chi connectivity index (χ0v) is 18.1. The van der Waals surface area contributed by atoms with Crippen molar-refractivity contribution in [3.05, 3.63) is 30.2 Å². The van der Waals surface area contributed by atoms with Crippen molar-refractivity contribution in [1.82, 2.24) is 15.0 Å². The van der Waals surface area contributed by atoms with Gasteiger partial charge in [0.15, 0.2) is 0 Å². The van der Waals surface area contributed by atoms with E-state index in [2.05, 4.69) is 35.8 Å². The summed E-state index contributed by atoms with van der Waals surface area (Å²) >= 11 is 0. The van der Waals surface area contributed by atoms with Crippen molar-refractivity contribution in [1.29, 1.82) is 0 Å². The van der Waals surface area contributed by atoms with Crippen LogP contribution in [0.4, 0.5) is 0 Å². The van der Waals surface area contributed by atoms with Crippen molar-refractivity contribution in [3.8, 4) is 17.1 Å². The van der Waals surface area contributed by atoms with Crippen LogP contribution in [0.25, 0.3) is 11.4 Å². The van der Waals surface area contributed by atoms with E-state index in [0.717, 1.165) is 24.2 Å². The molecule has 1 saturated carbocycles. The maximum Gasteiger partial charge on any atom is 0.228 e. The summed E-state index contributed by atoms with van der Waals surface area (Å²) in [5, 5.41) is 4.11. The second-order valence-electron chi connectivity index (χ2n) is 9.11. The molecule has 6 nitrogen and oxygen atoms in total. The van der Waals surface area contributed by atoms with Crippen LogP contribution >= 0.6 is 0 Å². The van der Waals surface area contributed by atoms with Crippen LogP contribution in [0, 0.1) is 5.41 Å². The molecule has 0 unspecified atom stereocenters. The van der Waals surface area contributed by atoms with E-state index in [4.69, 9.17) is 9.26 Å². The van der Waals surface area contributed by atoms with E-state index in [1.807, 2.05) is 24.3 Å². The summed E-state index contributed by atoms with van der Waals surface area (Å²) in [6.45, 7) is 6.97. The van der Waals surface area contributed by atoms with Gasteiger partial charge in [0.25, 0.3) is 0 Å². The van der Waals surface area contributed by atoms with Crippen molar-refractivity contribution in [2.75, 3.05) is 13.7 Å². The third-order valence-corrected chi connectivity index (χ3v) is 5.40. The van der Waals surface area contributed by atoms with E-state index in [1.54, 1.807) is 7.11 Å². The fourth-order valence-electron chi connectivity index (χ4n) is 3.89. The minimum atomic E-state index is -0.0178. The Kier molecular flexibility index (Phi) is 6.93. The molecule has 0 aliphatic heterocycles. The quantitative estimate of drug-likeness (QED) is 0.663. The number of aromatic nitrogens is 2. The highest BCUT2D eigenvalue weighted by Crippen LogP contribution is 2.27. The first-order chi connectivity index (χ1) is 13.9. The van der Waals surface area contributed by atoms with Crippen LogP contribution in [0.5, 0.6) is 5.75 Å². The van der Waals surface area contributed by atoms with Gasteiger partial charge in [0, 0.05) is 31.0 Å². The molecule has 2 aromatic rings. The first-order valence-electron chi connectivity index (χ1n) is 10.6. The fourth-order valence-corrected chi connectivity index (χ4v) is 3.89. The lowest BCUT2D eigenvalue weighted by atomic mass is 9.89. The van der Waals surface area contributed by atoms with Crippen molar-refractivity contribution in [2.24, 2.45) is 5.41 Å². The second kappa shape index (κ2) is 9.42. The van der Waals surface area contributed by atoms with Crippen LogP contribution in [0.15, 0.2) is 28.8 Å². The minimum Gasteiger partial charge on any atom is -0.497 e.